The average molecular weight is 338 g/mol. The van der Waals surface area contributed by atoms with Crippen molar-refractivity contribution in [3.8, 4) is 0 Å². The van der Waals surface area contributed by atoms with Gasteiger partial charge in [-0.2, -0.15) is 0 Å². The summed E-state index contributed by atoms with van der Waals surface area (Å²) in [4.78, 5) is 11.3. The van der Waals surface area contributed by atoms with Gasteiger partial charge in [-0.3, -0.25) is 4.79 Å². The van der Waals surface area contributed by atoms with E-state index in [-0.39, 0.29) is 0 Å². The molecule has 0 aliphatic rings. The first-order chi connectivity index (χ1) is 10.5. The van der Waals surface area contributed by atoms with Gasteiger partial charge < -0.3 is 10.4 Å². The second-order valence-electron chi connectivity index (χ2n) is 5.03. The van der Waals surface area contributed by atoms with Gasteiger partial charge in [0.05, 0.1) is 21.7 Å². The number of carboxylic acids is 1. The number of benzene rings is 2. The number of hydrogen-bond donors (Lipinski definition) is 2. The van der Waals surface area contributed by atoms with Gasteiger partial charge in [-0.25, -0.2) is 0 Å². The average Bonchev–Trinajstić information content (AvgIpc) is 2.49. The summed E-state index contributed by atoms with van der Waals surface area (Å²) in [6.45, 7) is 1.87. The van der Waals surface area contributed by atoms with E-state index >= 15 is 0 Å². The molecular formula is C17H17Cl2NO2. The van der Waals surface area contributed by atoms with E-state index in [0.717, 1.165) is 11.3 Å². The molecule has 0 bridgehead atoms. The van der Waals surface area contributed by atoms with Crippen molar-refractivity contribution in [2.24, 2.45) is 5.92 Å². The third-order valence-corrected chi connectivity index (χ3v) is 4.18. The minimum absolute atomic E-state index is 0.412. The highest BCUT2D eigenvalue weighted by Crippen LogP contribution is 2.34. The Kier molecular flexibility index (Phi) is 5.69. The van der Waals surface area contributed by atoms with Crippen LogP contribution in [0.15, 0.2) is 42.5 Å². The van der Waals surface area contributed by atoms with E-state index in [0.29, 0.717) is 28.6 Å². The molecule has 0 saturated carbocycles. The van der Waals surface area contributed by atoms with Crippen LogP contribution in [0, 0.1) is 5.92 Å². The number of nitrogens with one attached hydrogen (secondary N) is 1. The molecule has 0 fully saturated rings. The zero-order valence-electron chi connectivity index (χ0n) is 12.1. The molecule has 2 N–H and O–H groups in total. The summed E-state index contributed by atoms with van der Waals surface area (Å²) in [5.74, 6) is -1.20. The van der Waals surface area contributed by atoms with Crippen LogP contribution in [0.3, 0.4) is 0 Å². The number of para-hydroxylation sites is 2. The van der Waals surface area contributed by atoms with Crippen LogP contribution in [0.25, 0.3) is 0 Å². The van der Waals surface area contributed by atoms with Gasteiger partial charge in [-0.1, -0.05) is 54.4 Å². The van der Waals surface area contributed by atoms with Gasteiger partial charge >= 0.3 is 5.97 Å². The predicted octanol–water partition coefficient (Wildman–Crippen LogP) is 5.39. The fraction of sp³-hybridized carbons (Fsp3) is 0.235. The van der Waals surface area contributed by atoms with E-state index in [9.17, 15) is 9.90 Å². The summed E-state index contributed by atoms with van der Waals surface area (Å²) >= 11 is 12.3. The highest BCUT2D eigenvalue weighted by atomic mass is 35.5. The van der Waals surface area contributed by atoms with Gasteiger partial charge in [-0.05, 0) is 36.6 Å². The summed E-state index contributed by atoms with van der Waals surface area (Å²) < 4.78 is 0. The van der Waals surface area contributed by atoms with Crippen molar-refractivity contribution in [1.82, 2.24) is 0 Å². The smallest absolute Gasteiger partial charge is 0.306 e. The van der Waals surface area contributed by atoms with Crippen molar-refractivity contribution < 1.29 is 9.90 Å². The Hall–Kier alpha value is -1.71. The van der Waals surface area contributed by atoms with E-state index in [4.69, 9.17) is 23.2 Å². The number of carboxylic acid groups (broad SMARTS) is 1. The molecule has 0 unspecified atom stereocenters. The second-order valence-corrected chi connectivity index (χ2v) is 5.84. The summed E-state index contributed by atoms with van der Waals surface area (Å²) in [5, 5.41) is 13.5. The maximum atomic E-state index is 11.3. The first kappa shape index (κ1) is 16.7. The van der Waals surface area contributed by atoms with Crippen LogP contribution in [0.1, 0.15) is 18.9 Å². The highest BCUT2D eigenvalue weighted by Gasteiger charge is 2.17. The van der Waals surface area contributed by atoms with Crippen LogP contribution >= 0.6 is 23.2 Å². The van der Waals surface area contributed by atoms with Crippen molar-refractivity contribution in [1.29, 1.82) is 0 Å². The largest absolute Gasteiger partial charge is 0.481 e. The minimum atomic E-state index is -0.784. The first-order valence-electron chi connectivity index (χ1n) is 7.04. The van der Waals surface area contributed by atoms with Crippen molar-refractivity contribution >= 4 is 40.5 Å². The highest BCUT2D eigenvalue weighted by molar-refractivity contribution is 6.39. The Morgan fingerprint density at radius 1 is 1.14 bits per heavy atom. The van der Waals surface area contributed by atoms with E-state index in [1.54, 1.807) is 18.2 Å². The molecule has 2 aromatic carbocycles. The third kappa shape index (κ3) is 3.93. The Labute approximate surface area is 139 Å². The van der Waals surface area contributed by atoms with Crippen LogP contribution in [0.4, 0.5) is 11.4 Å². The topological polar surface area (TPSA) is 49.3 Å². The van der Waals surface area contributed by atoms with Crippen LogP contribution in [0.5, 0.6) is 0 Å². The lowest BCUT2D eigenvalue weighted by Crippen LogP contribution is -2.16. The number of halogens is 2. The molecule has 0 heterocycles. The molecule has 0 aromatic heterocycles. The fourth-order valence-corrected chi connectivity index (χ4v) is 2.74. The van der Waals surface area contributed by atoms with Crippen LogP contribution in [0.2, 0.25) is 10.0 Å². The molecule has 5 heteroatoms. The zero-order chi connectivity index (χ0) is 16.1. The molecule has 2 aromatic rings. The first-order valence-corrected chi connectivity index (χ1v) is 7.80. The van der Waals surface area contributed by atoms with Gasteiger partial charge in [-0.15, -0.1) is 0 Å². The molecule has 0 radical (unpaired) electrons. The molecule has 0 saturated heterocycles. The predicted molar refractivity (Wildman–Crippen MR) is 91.3 cm³/mol. The van der Waals surface area contributed by atoms with E-state index < -0.39 is 11.9 Å². The maximum Gasteiger partial charge on any atom is 0.306 e. The number of hydrogen-bond acceptors (Lipinski definition) is 2. The fourth-order valence-electron chi connectivity index (χ4n) is 2.24. The molecule has 2 rings (SSSR count). The maximum absolute atomic E-state index is 11.3. The van der Waals surface area contributed by atoms with E-state index in [2.05, 4.69) is 5.32 Å². The normalized spacial score (nSPS) is 12.0. The number of rotatable bonds is 6. The summed E-state index contributed by atoms with van der Waals surface area (Å²) in [5.41, 5.74) is 2.37. The van der Waals surface area contributed by atoms with Crippen molar-refractivity contribution in [3.05, 3.63) is 58.1 Å². The molecule has 0 spiro atoms. The Bertz CT molecular complexity index is 653. The van der Waals surface area contributed by atoms with Gasteiger partial charge in [0.1, 0.15) is 0 Å². The van der Waals surface area contributed by atoms with Gasteiger partial charge in [0, 0.05) is 5.69 Å². The third-order valence-electron chi connectivity index (χ3n) is 3.55. The van der Waals surface area contributed by atoms with Crippen molar-refractivity contribution in [2.45, 2.75) is 19.8 Å². The van der Waals surface area contributed by atoms with E-state index in [1.165, 1.54) is 0 Å². The van der Waals surface area contributed by atoms with Crippen molar-refractivity contribution in [3.63, 3.8) is 0 Å². The Balaban J connectivity index is 2.31. The molecule has 1 atom stereocenters. The Morgan fingerprint density at radius 2 is 1.77 bits per heavy atom. The quantitative estimate of drug-likeness (QED) is 0.742. The molecule has 0 aliphatic heterocycles. The Morgan fingerprint density at radius 3 is 2.36 bits per heavy atom. The number of aliphatic carboxylic acids is 1. The zero-order valence-corrected chi connectivity index (χ0v) is 13.7. The molecular weight excluding hydrogens is 321 g/mol. The molecule has 0 amide bonds. The van der Waals surface area contributed by atoms with Crippen molar-refractivity contribution in [2.75, 3.05) is 5.32 Å². The van der Waals surface area contributed by atoms with Crippen LogP contribution in [-0.2, 0) is 11.2 Å². The number of anilines is 2. The molecule has 116 valence electrons. The lowest BCUT2D eigenvalue weighted by atomic mass is 9.96. The molecule has 22 heavy (non-hydrogen) atoms. The van der Waals surface area contributed by atoms with Gasteiger partial charge in [0.25, 0.3) is 0 Å². The standard InChI is InChI=1S/C17H17Cl2NO2/c1-2-11(17(21)22)10-12-6-3-4-9-15(12)20-16-13(18)7-5-8-14(16)19/h3-9,11,20H,2,10H2,1H3,(H,21,22)/t11-/m0/s1. The number of carbonyl (C=O) groups is 1. The monoisotopic (exact) mass is 337 g/mol. The summed E-state index contributed by atoms with van der Waals surface area (Å²) in [6.07, 6.45) is 1.04. The molecule has 0 aliphatic carbocycles. The lowest BCUT2D eigenvalue weighted by molar-refractivity contribution is -0.141. The summed E-state index contributed by atoms with van der Waals surface area (Å²) in [7, 11) is 0. The van der Waals surface area contributed by atoms with Crippen LogP contribution < -0.4 is 5.32 Å². The minimum Gasteiger partial charge on any atom is -0.481 e. The van der Waals surface area contributed by atoms with Crippen LogP contribution in [-0.4, -0.2) is 11.1 Å². The van der Waals surface area contributed by atoms with E-state index in [1.807, 2.05) is 31.2 Å². The second kappa shape index (κ2) is 7.52. The SMILES string of the molecule is CC[C@@H](Cc1ccccc1Nc1c(Cl)cccc1Cl)C(=O)O. The lowest BCUT2D eigenvalue weighted by Gasteiger charge is -2.16. The molecule has 3 nitrogen and oxygen atoms in total. The van der Waals surface area contributed by atoms with Gasteiger partial charge in [0.2, 0.25) is 0 Å². The summed E-state index contributed by atoms with van der Waals surface area (Å²) in [6, 6.07) is 12.9. The van der Waals surface area contributed by atoms with Gasteiger partial charge in [0.15, 0.2) is 0 Å².